The Bertz CT molecular complexity index is 817. The third-order valence-electron chi connectivity index (χ3n) is 5.34. The van der Waals surface area contributed by atoms with E-state index in [1.807, 2.05) is 19.1 Å². The lowest BCUT2D eigenvalue weighted by atomic mass is 9.97. The number of hydrogen-bond donors (Lipinski definition) is 2. The number of aryl methyl sites for hydroxylation is 1. The molecule has 1 aromatic rings. The lowest BCUT2D eigenvalue weighted by molar-refractivity contribution is -0.104. The molecule has 202 valence electrons. The van der Waals surface area contributed by atoms with E-state index >= 15 is 0 Å². The number of aldehydes is 1. The van der Waals surface area contributed by atoms with E-state index in [0.717, 1.165) is 50.7 Å². The Morgan fingerprint density at radius 2 is 1.92 bits per heavy atom. The molecule has 1 aliphatic rings. The van der Waals surface area contributed by atoms with Crippen molar-refractivity contribution in [2.75, 3.05) is 27.9 Å². The van der Waals surface area contributed by atoms with Crippen molar-refractivity contribution in [1.82, 2.24) is 5.48 Å². The zero-order valence-electron chi connectivity index (χ0n) is 22.8. The number of carbonyl (C=O) groups is 1. The molecule has 0 amide bonds. The van der Waals surface area contributed by atoms with Crippen LogP contribution in [0.3, 0.4) is 0 Å². The van der Waals surface area contributed by atoms with E-state index in [4.69, 9.17) is 9.94 Å². The number of allylic oxidation sites excluding steroid dienone is 6. The number of hydrogen-bond acceptors (Lipinski definition) is 7. The minimum absolute atomic E-state index is 0.498. The van der Waals surface area contributed by atoms with Crippen LogP contribution in [-0.4, -0.2) is 39.4 Å². The number of ether oxygens (including phenoxy) is 2. The van der Waals surface area contributed by atoms with Gasteiger partial charge in [0.1, 0.15) is 5.75 Å². The summed E-state index contributed by atoms with van der Waals surface area (Å²) in [4.78, 5) is 13.1. The Labute approximate surface area is 227 Å². The maximum atomic E-state index is 11.1. The fourth-order valence-corrected chi connectivity index (χ4v) is 5.46. The first-order valence-electron chi connectivity index (χ1n) is 12.4. The summed E-state index contributed by atoms with van der Waals surface area (Å²) in [5.74, 6) is 1.92. The van der Waals surface area contributed by atoms with Crippen molar-refractivity contribution in [3.05, 3.63) is 74.8 Å². The molecule has 0 spiro atoms. The third-order valence-corrected chi connectivity index (χ3v) is 7.64. The summed E-state index contributed by atoms with van der Waals surface area (Å²) in [6.45, 7) is 11.1. The predicted octanol–water partition coefficient (Wildman–Crippen LogP) is 7.79. The van der Waals surface area contributed by atoms with Gasteiger partial charge in [0.2, 0.25) is 0 Å². The first kappa shape index (κ1) is 34.2. The zero-order chi connectivity index (χ0) is 27.2. The lowest BCUT2D eigenvalue weighted by Gasteiger charge is -2.19. The van der Waals surface area contributed by atoms with Crippen LogP contribution < -0.4 is 10.2 Å². The average molecular weight is 536 g/mol. The second-order valence-electron chi connectivity index (χ2n) is 8.12. The van der Waals surface area contributed by atoms with Gasteiger partial charge in [-0.1, -0.05) is 80.4 Å². The highest BCUT2D eigenvalue weighted by Gasteiger charge is 2.15. The van der Waals surface area contributed by atoms with Crippen LogP contribution >= 0.6 is 23.5 Å². The normalized spacial score (nSPS) is 15.5. The van der Waals surface area contributed by atoms with E-state index in [1.54, 1.807) is 31.5 Å². The monoisotopic (exact) mass is 535 g/mol. The van der Waals surface area contributed by atoms with E-state index in [0.29, 0.717) is 16.7 Å². The average Bonchev–Trinajstić information content (AvgIpc) is 2.90. The molecule has 7 heteroatoms. The minimum Gasteiger partial charge on any atom is -0.497 e. The molecular weight excluding hydrogens is 490 g/mol. The van der Waals surface area contributed by atoms with Gasteiger partial charge in [-0.25, -0.2) is 5.48 Å². The fraction of sp³-hybridized carbons (Fsp3) is 0.483. The summed E-state index contributed by atoms with van der Waals surface area (Å²) >= 11 is 3.30. The lowest BCUT2D eigenvalue weighted by Crippen LogP contribution is -2.00. The van der Waals surface area contributed by atoms with Gasteiger partial charge in [-0.2, -0.15) is 0 Å². The summed E-state index contributed by atoms with van der Waals surface area (Å²) in [6.07, 6.45) is 15.2. The van der Waals surface area contributed by atoms with Gasteiger partial charge in [0.05, 0.1) is 7.11 Å². The Balaban J connectivity index is 0.00000155. The quantitative estimate of drug-likeness (QED) is 0.152. The zero-order valence-corrected chi connectivity index (χ0v) is 24.4. The smallest absolute Gasteiger partial charge is 0.156 e. The van der Waals surface area contributed by atoms with Crippen LogP contribution in [0.25, 0.3) is 0 Å². The first-order valence-corrected chi connectivity index (χ1v) is 14.0. The van der Waals surface area contributed by atoms with Crippen molar-refractivity contribution in [2.24, 2.45) is 11.8 Å². The van der Waals surface area contributed by atoms with Crippen LogP contribution in [0.2, 0.25) is 0 Å². The van der Waals surface area contributed by atoms with Crippen molar-refractivity contribution in [1.29, 1.82) is 0 Å². The number of methoxy groups -OCH3 is 2. The van der Waals surface area contributed by atoms with Crippen molar-refractivity contribution < 1.29 is 19.5 Å². The fourth-order valence-electron chi connectivity index (χ4n) is 3.18. The molecule has 36 heavy (non-hydrogen) atoms. The number of rotatable bonds is 13. The largest absolute Gasteiger partial charge is 0.497 e. The Morgan fingerprint density at radius 3 is 2.42 bits per heavy atom. The Kier molecular flexibility index (Phi) is 21.3. The van der Waals surface area contributed by atoms with Crippen LogP contribution in [-0.2, 0) is 16.0 Å². The molecule has 2 atom stereocenters. The molecule has 0 aromatic heterocycles. The van der Waals surface area contributed by atoms with E-state index in [1.165, 1.54) is 33.5 Å². The maximum absolute atomic E-state index is 11.1. The van der Waals surface area contributed by atoms with Gasteiger partial charge in [-0.05, 0) is 73.5 Å². The van der Waals surface area contributed by atoms with Gasteiger partial charge in [0.25, 0.3) is 0 Å². The van der Waals surface area contributed by atoms with Crippen LogP contribution in [0.15, 0.2) is 69.2 Å². The van der Waals surface area contributed by atoms with Crippen LogP contribution in [0.5, 0.6) is 5.75 Å². The van der Waals surface area contributed by atoms with E-state index < -0.39 is 0 Å². The summed E-state index contributed by atoms with van der Waals surface area (Å²) in [5, 5.41) is 7.32. The number of nitrogens with one attached hydrogen (secondary N) is 1. The molecule has 5 nitrogen and oxygen atoms in total. The van der Waals surface area contributed by atoms with E-state index in [-0.39, 0.29) is 0 Å². The van der Waals surface area contributed by atoms with Gasteiger partial charge in [0, 0.05) is 29.9 Å². The molecule has 0 aliphatic heterocycles. The molecule has 0 bridgehead atoms. The highest BCUT2D eigenvalue weighted by molar-refractivity contribution is 8.25. The van der Waals surface area contributed by atoms with Gasteiger partial charge in [-0.15, -0.1) is 0 Å². The molecule has 2 N–H and O–H groups in total. The Morgan fingerprint density at radius 1 is 1.28 bits per heavy atom. The number of carbonyl (C=O) groups excluding carboxylic acids is 1. The van der Waals surface area contributed by atoms with Gasteiger partial charge < -0.3 is 14.7 Å². The summed E-state index contributed by atoms with van der Waals surface area (Å²) in [7, 11) is 4.81. The second kappa shape index (κ2) is 22.4. The molecular formula is C29H45NO4S2. The third kappa shape index (κ3) is 16.1. The number of hydroxylamine groups is 1. The highest BCUT2D eigenvalue weighted by atomic mass is 32.2. The van der Waals surface area contributed by atoms with Crippen molar-refractivity contribution in [3.8, 4) is 5.75 Å². The molecule has 0 saturated heterocycles. The number of thioether (sulfide) groups is 2. The highest BCUT2D eigenvalue weighted by Crippen LogP contribution is 2.43. The molecule has 1 aromatic carbocycles. The van der Waals surface area contributed by atoms with Crippen LogP contribution in [0.1, 0.15) is 52.0 Å². The molecule has 0 fully saturated rings. The summed E-state index contributed by atoms with van der Waals surface area (Å²) < 4.78 is 10.9. The Hall–Kier alpha value is -1.77. The van der Waals surface area contributed by atoms with Crippen molar-refractivity contribution in [3.63, 3.8) is 0 Å². The molecule has 0 heterocycles. The number of benzene rings is 1. The molecule has 2 rings (SSSR count). The predicted molar refractivity (Wildman–Crippen MR) is 158 cm³/mol. The van der Waals surface area contributed by atoms with Gasteiger partial charge in [0.15, 0.2) is 6.29 Å². The van der Waals surface area contributed by atoms with Crippen LogP contribution in [0, 0.1) is 11.8 Å². The SMILES string of the molecule is C=C(C=O)SC(=CC(CC)CCCc1ccc(OC)cc1)SC1=CC=CCC1C.CCOC.CNO. The van der Waals surface area contributed by atoms with Crippen molar-refractivity contribution in [2.45, 2.75) is 52.9 Å². The summed E-state index contributed by atoms with van der Waals surface area (Å²) in [5.41, 5.74) is 3.09. The topological polar surface area (TPSA) is 67.8 Å². The van der Waals surface area contributed by atoms with Gasteiger partial charge >= 0.3 is 0 Å². The van der Waals surface area contributed by atoms with Gasteiger partial charge in [-0.3, -0.25) is 4.79 Å². The standard InChI is InChI=1S/C25H32O2S2.C3H8O.CH5NO/c1-5-21(10-8-11-22-13-15-23(27-4)16-14-22)17-25(28-20(3)18-26)29-24-12-7-6-9-19(24)2;1-3-4-2;1-2-3/h6-7,12-19,21H,3,5,8-11H2,1-2,4H3;3H2,1-2H3;2-3H,1H3. The van der Waals surface area contributed by atoms with Crippen LogP contribution in [0.4, 0.5) is 0 Å². The van der Waals surface area contributed by atoms with Crippen molar-refractivity contribution >= 4 is 29.8 Å². The minimum atomic E-state index is 0.498. The molecule has 2 unspecified atom stereocenters. The van der Waals surface area contributed by atoms with E-state index in [2.05, 4.69) is 61.6 Å². The maximum Gasteiger partial charge on any atom is 0.156 e. The van der Waals surface area contributed by atoms with E-state index in [9.17, 15) is 4.79 Å². The summed E-state index contributed by atoms with van der Waals surface area (Å²) in [6, 6.07) is 8.34. The molecule has 1 aliphatic carbocycles. The molecule has 0 radical (unpaired) electrons. The molecule has 0 saturated carbocycles. The first-order chi connectivity index (χ1) is 17.4. The second-order valence-corrected chi connectivity index (χ2v) is 10.7.